The van der Waals surface area contributed by atoms with Crippen molar-refractivity contribution < 1.29 is 5.11 Å². The van der Waals surface area contributed by atoms with Gasteiger partial charge in [-0.3, -0.25) is 4.40 Å². The number of nitrogens with zero attached hydrogens (tertiary/aromatic N) is 3. The highest BCUT2D eigenvalue weighted by atomic mass is 16.3. The molecule has 2 aromatic carbocycles. The first kappa shape index (κ1) is 15.2. The Hall–Kier alpha value is -3.34. The van der Waals surface area contributed by atoms with E-state index in [2.05, 4.69) is 39.8 Å². The summed E-state index contributed by atoms with van der Waals surface area (Å²) in [5.41, 5.74) is 4.13. The Morgan fingerprint density at radius 3 is 2.60 bits per heavy atom. The molecule has 25 heavy (non-hydrogen) atoms. The molecule has 0 aliphatic carbocycles. The molecule has 0 bridgehead atoms. The largest absolute Gasteiger partial charge is 0.508 e. The lowest BCUT2D eigenvalue weighted by atomic mass is 10.1. The third-order valence-electron chi connectivity index (χ3n) is 4.11. The van der Waals surface area contributed by atoms with E-state index in [1.165, 1.54) is 5.56 Å². The molecule has 0 saturated carbocycles. The second-order valence-corrected chi connectivity index (χ2v) is 5.94. The Kier molecular flexibility index (Phi) is 4.04. The van der Waals surface area contributed by atoms with Gasteiger partial charge in [0.15, 0.2) is 5.65 Å². The van der Waals surface area contributed by atoms with Crippen LogP contribution in [0, 0.1) is 0 Å². The van der Waals surface area contributed by atoms with Gasteiger partial charge < -0.3 is 10.4 Å². The summed E-state index contributed by atoms with van der Waals surface area (Å²) in [5.74, 6) is 1.21. The molecule has 0 spiro atoms. The molecule has 0 aliphatic heterocycles. The number of aromatic nitrogens is 3. The first-order valence-corrected chi connectivity index (χ1v) is 8.17. The lowest BCUT2D eigenvalue weighted by Gasteiger charge is -2.08. The van der Waals surface area contributed by atoms with E-state index in [4.69, 9.17) is 0 Å². The highest BCUT2D eigenvalue weighted by Gasteiger charge is 2.05. The van der Waals surface area contributed by atoms with Crippen LogP contribution in [-0.4, -0.2) is 19.7 Å². The Bertz CT molecular complexity index is 992. The molecule has 2 aromatic heterocycles. The lowest BCUT2D eigenvalue weighted by molar-refractivity contribution is 0.474. The number of pyridine rings is 1. The van der Waals surface area contributed by atoms with Crippen LogP contribution in [0.4, 0.5) is 5.69 Å². The molecule has 124 valence electrons. The molecule has 0 aliphatic rings. The zero-order chi connectivity index (χ0) is 17.1. The maximum Gasteiger partial charge on any atom is 0.160 e. The number of rotatable bonds is 5. The molecular weight excluding hydrogens is 312 g/mol. The van der Waals surface area contributed by atoms with Crippen LogP contribution in [0.5, 0.6) is 5.75 Å². The Balaban J connectivity index is 1.43. The number of fused-ring (bicyclic) bond motifs is 1. The minimum atomic E-state index is 0.287. The van der Waals surface area contributed by atoms with E-state index >= 15 is 0 Å². The van der Waals surface area contributed by atoms with Gasteiger partial charge in [0.05, 0.1) is 0 Å². The minimum absolute atomic E-state index is 0.287. The molecule has 4 aromatic rings. The standard InChI is InChI=1S/C20H18N4O/c25-18-5-3-4-16(12-18)14-21-17-9-7-15(8-10-17)13-20-23-22-19-6-1-2-11-24(19)20/h1-12,21,25H,13-14H2. The summed E-state index contributed by atoms with van der Waals surface area (Å²) >= 11 is 0. The summed E-state index contributed by atoms with van der Waals surface area (Å²) in [5, 5.41) is 21.3. The highest BCUT2D eigenvalue weighted by molar-refractivity contribution is 5.46. The molecule has 0 fully saturated rings. The molecule has 0 saturated heterocycles. The van der Waals surface area contributed by atoms with Crippen LogP contribution in [0.2, 0.25) is 0 Å². The number of hydrogen-bond donors (Lipinski definition) is 2. The highest BCUT2D eigenvalue weighted by Crippen LogP contribution is 2.16. The van der Waals surface area contributed by atoms with Crippen molar-refractivity contribution >= 4 is 11.3 Å². The predicted octanol–water partition coefficient (Wildman–Crippen LogP) is 3.64. The number of aromatic hydroxyl groups is 1. The number of phenols is 1. The summed E-state index contributed by atoms with van der Waals surface area (Å²) in [4.78, 5) is 0. The second-order valence-electron chi connectivity index (χ2n) is 5.94. The molecular formula is C20H18N4O. The first-order chi connectivity index (χ1) is 12.3. The summed E-state index contributed by atoms with van der Waals surface area (Å²) in [6.07, 6.45) is 2.72. The Morgan fingerprint density at radius 1 is 0.880 bits per heavy atom. The van der Waals surface area contributed by atoms with Gasteiger partial charge in [-0.25, -0.2) is 0 Å². The van der Waals surface area contributed by atoms with Gasteiger partial charge in [-0.05, 0) is 47.5 Å². The third kappa shape index (κ3) is 3.45. The van der Waals surface area contributed by atoms with Gasteiger partial charge >= 0.3 is 0 Å². The fraction of sp³-hybridized carbons (Fsp3) is 0.100. The minimum Gasteiger partial charge on any atom is -0.508 e. The predicted molar refractivity (Wildman–Crippen MR) is 97.7 cm³/mol. The van der Waals surface area contributed by atoms with Gasteiger partial charge in [-0.1, -0.05) is 30.3 Å². The summed E-state index contributed by atoms with van der Waals surface area (Å²) in [6, 6.07) is 21.5. The Labute approximate surface area is 145 Å². The summed E-state index contributed by atoms with van der Waals surface area (Å²) in [6.45, 7) is 0.669. The van der Waals surface area contributed by atoms with Crippen LogP contribution in [0.3, 0.4) is 0 Å². The maximum absolute atomic E-state index is 9.50. The molecule has 0 atom stereocenters. The number of hydrogen-bond acceptors (Lipinski definition) is 4. The van der Waals surface area contributed by atoms with Gasteiger partial charge in [-0.2, -0.15) is 0 Å². The number of nitrogens with one attached hydrogen (secondary N) is 1. The van der Waals surface area contributed by atoms with E-state index in [9.17, 15) is 5.11 Å². The van der Waals surface area contributed by atoms with Crippen molar-refractivity contribution in [1.29, 1.82) is 0 Å². The number of phenolic OH excluding ortho intramolecular Hbond substituents is 1. The third-order valence-corrected chi connectivity index (χ3v) is 4.11. The van der Waals surface area contributed by atoms with Gasteiger partial charge in [0.25, 0.3) is 0 Å². The zero-order valence-electron chi connectivity index (χ0n) is 13.6. The SMILES string of the molecule is Oc1cccc(CNc2ccc(Cc3nnc4ccccn34)cc2)c1. The van der Waals surface area contributed by atoms with Crippen molar-refractivity contribution in [3.05, 3.63) is 89.9 Å². The van der Waals surface area contributed by atoms with Crippen molar-refractivity contribution in [3.63, 3.8) is 0 Å². The second kappa shape index (κ2) is 6.65. The molecule has 0 radical (unpaired) electrons. The van der Waals surface area contributed by atoms with Crippen molar-refractivity contribution in [2.75, 3.05) is 5.32 Å². The molecule has 0 amide bonds. The maximum atomic E-state index is 9.50. The van der Waals surface area contributed by atoms with E-state index < -0.39 is 0 Å². The van der Waals surface area contributed by atoms with Gasteiger partial charge in [0.1, 0.15) is 11.6 Å². The van der Waals surface area contributed by atoms with Crippen molar-refractivity contribution in [2.45, 2.75) is 13.0 Å². The normalized spacial score (nSPS) is 10.9. The summed E-state index contributed by atoms with van der Waals surface area (Å²) in [7, 11) is 0. The van der Waals surface area contributed by atoms with Crippen LogP contribution >= 0.6 is 0 Å². The van der Waals surface area contributed by atoms with Crippen LogP contribution in [0.1, 0.15) is 17.0 Å². The molecule has 0 unspecified atom stereocenters. The van der Waals surface area contributed by atoms with E-state index in [-0.39, 0.29) is 5.75 Å². The fourth-order valence-electron chi connectivity index (χ4n) is 2.81. The van der Waals surface area contributed by atoms with Crippen molar-refractivity contribution in [3.8, 4) is 5.75 Å². The monoisotopic (exact) mass is 330 g/mol. The van der Waals surface area contributed by atoms with E-state index in [1.807, 2.05) is 40.9 Å². The summed E-state index contributed by atoms with van der Waals surface area (Å²) < 4.78 is 2.01. The molecule has 5 nitrogen and oxygen atoms in total. The fourth-order valence-corrected chi connectivity index (χ4v) is 2.81. The van der Waals surface area contributed by atoms with Crippen molar-refractivity contribution in [1.82, 2.24) is 14.6 Å². The molecule has 2 N–H and O–H groups in total. The Morgan fingerprint density at radius 2 is 1.76 bits per heavy atom. The van der Waals surface area contributed by atoms with Gasteiger partial charge in [0.2, 0.25) is 0 Å². The van der Waals surface area contributed by atoms with Gasteiger partial charge in [0, 0.05) is 24.8 Å². The average molecular weight is 330 g/mol. The lowest BCUT2D eigenvalue weighted by Crippen LogP contribution is -2.00. The number of benzene rings is 2. The first-order valence-electron chi connectivity index (χ1n) is 8.17. The van der Waals surface area contributed by atoms with E-state index in [1.54, 1.807) is 12.1 Å². The van der Waals surface area contributed by atoms with Crippen LogP contribution in [-0.2, 0) is 13.0 Å². The van der Waals surface area contributed by atoms with Crippen LogP contribution in [0.15, 0.2) is 72.9 Å². The molecule has 5 heteroatoms. The topological polar surface area (TPSA) is 62.5 Å². The van der Waals surface area contributed by atoms with Crippen molar-refractivity contribution in [2.24, 2.45) is 0 Å². The quantitative estimate of drug-likeness (QED) is 0.586. The number of anilines is 1. The van der Waals surface area contributed by atoms with Crippen LogP contribution in [0.25, 0.3) is 5.65 Å². The van der Waals surface area contributed by atoms with E-state index in [0.717, 1.165) is 29.1 Å². The molecule has 2 heterocycles. The van der Waals surface area contributed by atoms with Crippen LogP contribution < -0.4 is 5.32 Å². The smallest absolute Gasteiger partial charge is 0.160 e. The molecule has 4 rings (SSSR count). The zero-order valence-corrected chi connectivity index (χ0v) is 13.6. The average Bonchev–Trinajstić information content (AvgIpc) is 3.04. The van der Waals surface area contributed by atoms with Gasteiger partial charge in [-0.15, -0.1) is 10.2 Å². The van der Waals surface area contributed by atoms with E-state index in [0.29, 0.717) is 6.54 Å².